The maximum absolute atomic E-state index is 12.2. The van der Waals surface area contributed by atoms with Gasteiger partial charge in [-0.05, 0) is 62.9 Å². The van der Waals surface area contributed by atoms with E-state index in [9.17, 15) is 9.59 Å². The average Bonchev–Trinajstić information content (AvgIpc) is 3.13. The Labute approximate surface area is 172 Å². The number of carbonyl (C=O) groups is 2. The Kier molecular flexibility index (Phi) is 6.47. The van der Waals surface area contributed by atoms with Crippen molar-refractivity contribution in [1.82, 2.24) is 15.5 Å². The number of anilines is 1. The Morgan fingerprint density at radius 1 is 1.21 bits per heavy atom. The molecule has 2 fully saturated rings. The molecule has 29 heavy (non-hydrogen) atoms. The van der Waals surface area contributed by atoms with Crippen LogP contribution >= 0.6 is 0 Å². The summed E-state index contributed by atoms with van der Waals surface area (Å²) in [5.41, 5.74) is 3.68. The Bertz CT molecular complexity index is 748. The van der Waals surface area contributed by atoms with E-state index in [-0.39, 0.29) is 24.0 Å². The smallest absolute Gasteiger partial charge is 0.243 e. The van der Waals surface area contributed by atoms with Gasteiger partial charge in [-0.1, -0.05) is 12.1 Å². The number of amides is 2. The van der Waals surface area contributed by atoms with Crippen molar-refractivity contribution in [2.45, 2.75) is 70.4 Å². The first-order chi connectivity index (χ1) is 14.1. The van der Waals surface area contributed by atoms with E-state index in [0.29, 0.717) is 18.9 Å². The van der Waals surface area contributed by atoms with Gasteiger partial charge < -0.3 is 15.4 Å². The van der Waals surface area contributed by atoms with E-state index in [1.807, 2.05) is 0 Å². The Morgan fingerprint density at radius 3 is 2.83 bits per heavy atom. The number of piperidine rings is 2. The third kappa shape index (κ3) is 4.97. The third-order valence-electron chi connectivity index (χ3n) is 6.24. The van der Waals surface area contributed by atoms with E-state index in [2.05, 4.69) is 46.0 Å². The van der Waals surface area contributed by atoms with Crippen LogP contribution in [0.4, 0.5) is 5.69 Å². The quantitative estimate of drug-likeness (QED) is 0.605. The maximum atomic E-state index is 12.2. The fraction of sp³-hybridized carbons (Fsp3) is 0.636. The highest BCUT2D eigenvalue weighted by Crippen LogP contribution is 2.32. The third-order valence-corrected chi connectivity index (χ3v) is 6.24. The molecular formula is C22H32N4O3. The molecule has 0 aliphatic carbocycles. The largest absolute Gasteiger partial charge is 0.385 e. The molecule has 2 atom stereocenters. The number of rotatable bonds is 7. The lowest BCUT2D eigenvalue weighted by Gasteiger charge is -2.29. The van der Waals surface area contributed by atoms with Crippen molar-refractivity contribution in [3.63, 3.8) is 0 Å². The van der Waals surface area contributed by atoms with Crippen molar-refractivity contribution >= 4 is 17.5 Å². The van der Waals surface area contributed by atoms with Gasteiger partial charge in [-0.3, -0.25) is 19.8 Å². The predicted octanol–water partition coefficient (Wildman–Crippen LogP) is 1.77. The van der Waals surface area contributed by atoms with Crippen LogP contribution in [-0.4, -0.2) is 54.6 Å². The van der Waals surface area contributed by atoms with Gasteiger partial charge in [-0.2, -0.15) is 0 Å². The molecule has 1 unspecified atom stereocenters. The molecule has 0 bridgehead atoms. The number of hydrogen-bond donors (Lipinski definition) is 3. The maximum Gasteiger partial charge on any atom is 0.243 e. The van der Waals surface area contributed by atoms with Crippen LogP contribution in [0.25, 0.3) is 0 Å². The molecule has 3 heterocycles. The van der Waals surface area contributed by atoms with Crippen LogP contribution in [0.15, 0.2) is 18.2 Å². The van der Waals surface area contributed by atoms with Crippen molar-refractivity contribution < 1.29 is 14.3 Å². The van der Waals surface area contributed by atoms with Gasteiger partial charge in [0.05, 0.1) is 18.2 Å². The molecule has 2 saturated heterocycles. The van der Waals surface area contributed by atoms with E-state index in [4.69, 9.17) is 4.74 Å². The second kappa shape index (κ2) is 9.24. The monoisotopic (exact) mass is 400 g/mol. The summed E-state index contributed by atoms with van der Waals surface area (Å²) in [5, 5.41) is 9.43. The number of carbonyl (C=O) groups excluding carboxylic acids is 2. The van der Waals surface area contributed by atoms with E-state index < -0.39 is 0 Å². The highest BCUT2D eigenvalue weighted by molar-refractivity contribution is 6.00. The van der Waals surface area contributed by atoms with Crippen LogP contribution in [0.5, 0.6) is 0 Å². The number of nitrogens with one attached hydrogen (secondary N) is 3. The van der Waals surface area contributed by atoms with Gasteiger partial charge in [0.2, 0.25) is 11.8 Å². The van der Waals surface area contributed by atoms with Crippen LogP contribution in [0.1, 0.15) is 50.2 Å². The second-order valence-corrected chi connectivity index (χ2v) is 8.43. The molecular weight excluding hydrogens is 368 g/mol. The fourth-order valence-corrected chi connectivity index (χ4v) is 4.60. The summed E-state index contributed by atoms with van der Waals surface area (Å²) in [6.07, 6.45) is 4.80. The van der Waals surface area contributed by atoms with Crippen molar-refractivity contribution in [1.29, 1.82) is 0 Å². The molecule has 3 aliphatic heterocycles. The number of ether oxygens (including phenoxy) is 1. The Hall–Kier alpha value is -1.96. The molecule has 0 saturated carbocycles. The standard InChI is InChI=1S/C22H32N4O3/c1-15(29-17-8-10-23-11-9-17)7-12-24-19-4-2-3-16-13-26(14-18(16)19)20-5-6-21(27)25-22(20)28/h2-4,15,17,20,23-24H,5-14H2,1H3,(H,25,27,28)/t15-,20?/m0/s1. The van der Waals surface area contributed by atoms with E-state index in [1.54, 1.807) is 0 Å². The molecule has 0 radical (unpaired) electrons. The zero-order valence-corrected chi connectivity index (χ0v) is 17.2. The molecule has 1 aromatic carbocycles. The van der Waals surface area contributed by atoms with Crippen molar-refractivity contribution in [3.05, 3.63) is 29.3 Å². The summed E-state index contributed by atoms with van der Waals surface area (Å²) in [7, 11) is 0. The number of hydrogen-bond acceptors (Lipinski definition) is 6. The van der Waals surface area contributed by atoms with Crippen molar-refractivity contribution in [2.75, 3.05) is 25.0 Å². The minimum Gasteiger partial charge on any atom is -0.385 e. The summed E-state index contributed by atoms with van der Waals surface area (Å²) in [5.74, 6) is -0.321. The molecule has 7 heteroatoms. The molecule has 2 amide bonds. The van der Waals surface area contributed by atoms with Gasteiger partial charge in [0.1, 0.15) is 0 Å². The molecule has 4 rings (SSSR count). The number of nitrogens with zero attached hydrogens (tertiary/aromatic N) is 1. The van der Waals surface area contributed by atoms with Crippen LogP contribution < -0.4 is 16.0 Å². The van der Waals surface area contributed by atoms with Gasteiger partial charge in [0.25, 0.3) is 0 Å². The van der Waals surface area contributed by atoms with Gasteiger partial charge in [-0.25, -0.2) is 0 Å². The van der Waals surface area contributed by atoms with E-state index in [1.165, 1.54) is 11.1 Å². The molecule has 0 aromatic heterocycles. The summed E-state index contributed by atoms with van der Waals surface area (Å²) in [4.78, 5) is 25.8. The Morgan fingerprint density at radius 2 is 2.03 bits per heavy atom. The molecule has 158 valence electrons. The fourth-order valence-electron chi connectivity index (χ4n) is 4.60. The van der Waals surface area contributed by atoms with Crippen LogP contribution in [-0.2, 0) is 27.4 Å². The van der Waals surface area contributed by atoms with Crippen molar-refractivity contribution in [3.8, 4) is 0 Å². The highest BCUT2D eigenvalue weighted by atomic mass is 16.5. The predicted molar refractivity (Wildman–Crippen MR) is 111 cm³/mol. The van der Waals surface area contributed by atoms with E-state index >= 15 is 0 Å². The first-order valence-corrected chi connectivity index (χ1v) is 10.9. The van der Waals surface area contributed by atoms with Crippen molar-refractivity contribution in [2.24, 2.45) is 0 Å². The lowest BCUT2D eigenvalue weighted by atomic mass is 10.0. The number of imide groups is 1. The van der Waals surface area contributed by atoms with Crippen LogP contribution in [0.3, 0.4) is 0 Å². The van der Waals surface area contributed by atoms with Gasteiger partial charge in [0.15, 0.2) is 0 Å². The Balaban J connectivity index is 1.29. The van der Waals surface area contributed by atoms with Gasteiger partial charge in [0, 0.05) is 31.7 Å². The van der Waals surface area contributed by atoms with Gasteiger partial charge >= 0.3 is 0 Å². The van der Waals surface area contributed by atoms with Crippen LogP contribution in [0.2, 0.25) is 0 Å². The SMILES string of the molecule is C[C@@H](CCNc1cccc2c1CN(C1CCC(=O)NC1=O)C2)OC1CCNCC1. The normalized spacial score (nSPS) is 24.2. The van der Waals surface area contributed by atoms with E-state index in [0.717, 1.165) is 57.7 Å². The molecule has 7 nitrogen and oxygen atoms in total. The summed E-state index contributed by atoms with van der Waals surface area (Å²) >= 11 is 0. The van der Waals surface area contributed by atoms with Crippen LogP contribution in [0, 0.1) is 0 Å². The highest BCUT2D eigenvalue weighted by Gasteiger charge is 2.35. The molecule has 3 N–H and O–H groups in total. The molecule has 3 aliphatic rings. The number of benzene rings is 1. The lowest BCUT2D eigenvalue weighted by Crippen LogP contribution is -2.50. The summed E-state index contributed by atoms with van der Waals surface area (Å²) in [6.45, 7) is 6.62. The minimum absolute atomic E-state index is 0.160. The number of fused-ring (bicyclic) bond motifs is 1. The zero-order chi connectivity index (χ0) is 20.2. The summed E-state index contributed by atoms with van der Waals surface area (Å²) in [6, 6.07) is 6.11. The molecule has 1 aromatic rings. The first kappa shape index (κ1) is 20.3. The first-order valence-electron chi connectivity index (χ1n) is 10.9. The minimum atomic E-state index is -0.216. The zero-order valence-electron chi connectivity index (χ0n) is 17.2. The topological polar surface area (TPSA) is 82.7 Å². The lowest BCUT2D eigenvalue weighted by molar-refractivity contribution is -0.137. The summed E-state index contributed by atoms with van der Waals surface area (Å²) < 4.78 is 6.18. The molecule has 0 spiro atoms. The second-order valence-electron chi connectivity index (χ2n) is 8.43. The van der Waals surface area contributed by atoms with Gasteiger partial charge in [-0.15, -0.1) is 0 Å². The average molecular weight is 401 g/mol.